The summed E-state index contributed by atoms with van der Waals surface area (Å²) in [6.45, 7) is 2.32. The third kappa shape index (κ3) is 4.85. The first-order chi connectivity index (χ1) is 12.6. The Bertz CT molecular complexity index is 714. The van der Waals surface area contributed by atoms with Gasteiger partial charge in [0.05, 0.1) is 7.11 Å². The van der Waals surface area contributed by atoms with Crippen LogP contribution in [0.1, 0.15) is 36.9 Å². The maximum atomic E-state index is 12.8. The first kappa shape index (κ1) is 19.5. The van der Waals surface area contributed by atoms with Gasteiger partial charge in [-0.05, 0) is 29.7 Å². The predicted molar refractivity (Wildman–Crippen MR) is 102 cm³/mol. The van der Waals surface area contributed by atoms with Crippen LogP contribution in [0.4, 0.5) is 0 Å². The van der Waals surface area contributed by atoms with Crippen molar-refractivity contribution in [2.75, 3.05) is 14.2 Å². The van der Waals surface area contributed by atoms with Crippen molar-refractivity contribution in [3.63, 3.8) is 0 Å². The highest BCUT2D eigenvalue weighted by atomic mass is 16.5. The lowest BCUT2D eigenvalue weighted by atomic mass is 10.0. The van der Waals surface area contributed by atoms with Gasteiger partial charge >= 0.3 is 0 Å². The molecule has 0 saturated carbocycles. The molecule has 1 N–H and O–H groups in total. The summed E-state index contributed by atoms with van der Waals surface area (Å²) in [6.07, 6.45) is 1.13. The van der Waals surface area contributed by atoms with Crippen LogP contribution in [0.3, 0.4) is 0 Å². The number of hydrogen-bond donors (Lipinski definition) is 1. The average molecular weight is 354 g/mol. The lowest BCUT2D eigenvalue weighted by molar-refractivity contribution is -0.141. The van der Waals surface area contributed by atoms with Crippen LogP contribution in [0.25, 0.3) is 0 Å². The van der Waals surface area contributed by atoms with Gasteiger partial charge in [-0.25, -0.2) is 0 Å². The minimum atomic E-state index is -0.664. The van der Waals surface area contributed by atoms with Gasteiger partial charge in [0.25, 0.3) is 0 Å². The maximum Gasteiger partial charge on any atom is 0.247 e. The fourth-order valence-corrected chi connectivity index (χ4v) is 2.85. The van der Waals surface area contributed by atoms with Crippen LogP contribution in [0.15, 0.2) is 54.6 Å². The van der Waals surface area contributed by atoms with E-state index in [1.165, 1.54) is 0 Å². The predicted octanol–water partition coefficient (Wildman–Crippen LogP) is 3.31. The maximum absolute atomic E-state index is 12.8. The van der Waals surface area contributed by atoms with Gasteiger partial charge < -0.3 is 15.0 Å². The van der Waals surface area contributed by atoms with Crippen LogP contribution in [-0.2, 0) is 16.1 Å². The SMILES string of the molecule is CCCC(=O)N(Cc1ccc(OC)cc1)C(C(=O)NC)c1ccccc1. The van der Waals surface area contributed by atoms with Crippen molar-refractivity contribution < 1.29 is 14.3 Å². The van der Waals surface area contributed by atoms with Crippen LogP contribution >= 0.6 is 0 Å². The van der Waals surface area contributed by atoms with Crippen molar-refractivity contribution in [3.8, 4) is 5.75 Å². The van der Waals surface area contributed by atoms with Gasteiger partial charge in [0, 0.05) is 20.0 Å². The van der Waals surface area contributed by atoms with Gasteiger partial charge in [-0.2, -0.15) is 0 Å². The molecule has 0 radical (unpaired) electrons. The van der Waals surface area contributed by atoms with Gasteiger partial charge in [-0.3, -0.25) is 9.59 Å². The summed E-state index contributed by atoms with van der Waals surface area (Å²) in [7, 11) is 3.21. The second-order valence-electron chi connectivity index (χ2n) is 6.05. The Hall–Kier alpha value is -2.82. The van der Waals surface area contributed by atoms with E-state index in [-0.39, 0.29) is 11.8 Å². The molecule has 0 spiro atoms. The number of hydrogen-bond acceptors (Lipinski definition) is 3. The summed E-state index contributed by atoms with van der Waals surface area (Å²) in [6, 6.07) is 16.3. The molecule has 0 bridgehead atoms. The van der Waals surface area contributed by atoms with Gasteiger partial charge in [0.15, 0.2) is 0 Å². The van der Waals surface area contributed by atoms with Crippen LogP contribution in [0.5, 0.6) is 5.75 Å². The number of carbonyl (C=O) groups is 2. The first-order valence-electron chi connectivity index (χ1n) is 8.79. The lowest BCUT2D eigenvalue weighted by Gasteiger charge is -2.31. The number of amides is 2. The second kappa shape index (κ2) is 9.61. The molecule has 2 aromatic rings. The number of methoxy groups -OCH3 is 1. The zero-order chi connectivity index (χ0) is 18.9. The lowest BCUT2D eigenvalue weighted by Crippen LogP contribution is -2.42. The van der Waals surface area contributed by atoms with E-state index < -0.39 is 6.04 Å². The minimum Gasteiger partial charge on any atom is -0.497 e. The average Bonchev–Trinajstić information content (AvgIpc) is 2.68. The number of carbonyl (C=O) groups excluding carboxylic acids is 2. The third-order valence-corrected chi connectivity index (χ3v) is 4.22. The van der Waals surface area contributed by atoms with Crippen molar-refractivity contribution in [1.29, 1.82) is 0 Å². The molecule has 138 valence electrons. The van der Waals surface area contributed by atoms with Crippen molar-refractivity contribution in [1.82, 2.24) is 10.2 Å². The Labute approximate surface area is 155 Å². The highest BCUT2D eigenvalue weighted by molar-refractivity contribution is 5.88. The topological polar surface area (TPSA) is 58.6 Å². The molecule has 5 heteroatoms. The van der Waals surface area contributed by atoms with Crippen LogP contribution in [0, 0.1) is 0 Å². The van der Waals surface area contributed by atoms with Crippen LogP contribution in [-0.4, -0.2) is 30.9 Å². The molecule has 0 aliphatic carbocycles. The van der Waals surface area contributed by atoms with E-state index >= 15 is 0 Å². The normalized spacial score (nSPS) is 11.5. The quantitative estimate of drug-likeness (QED) is 0.791. The summed E-state index contributed by atoms with van der Waals surface area (Å²) in [5.41, 5.74) is 1.74. The number of nitrogens with one attached hydrogen (secondary N) is 1. The van der Waals surface area contributed by atoms with Gasteiger partial charge in [0.1, 0.15) is 11.8 Å². The Kier molecular flexibility index (Phi) is 7.21. The van der Waals surface area contributed by atoms with Gasteiger partial charge in [-0.15, -0.1) is 0 Å². The highest BCUT2D eigenvalue weighted by Crippen LogP contribution is 2.25. The third-order valence-electron chi connectivity index (χ3n) is 4.22. The zero-order valence-electron chi connectivity index (χ0n) is 15.6. The summed E-state index contributed by atoms with van der Waals surface area (Å²) >= 11 is 0. The summed E-state index contributed by atoms with van der Waals surface area (Å²) in [5, 5.41) is 2.69. The highest BCUT2D eigenvalue weighted by Gasteiger charge is 2.30. The van der Waals surface area contributed by atoms with Gasteiger partial charge in [0.2, 0.25) is 11.8 Å². The molecular formula is C21H26N2O3. The van der Waals surface area contributed by atoms with E-state index in [1.54, 1.807) is 19.1 Å². The van der Waals surface area contributed by atoms with E-state index in [0.29, 0.717) is 13.0 Å². The summed E-state index contributed by atoms with van der Waals surface area (Å²) < 4.78 is 5.19. The smallest absolute Gasteiger partial charge is 0.247 e. The van der Waals surface area contributed by atoms with Gasteiger partial charge in [-0.1, -0.05) is 49.4 Å². The van der Waals surface area contributed by atoms with E-state index in [0.717, 1.165) is 23.3 Å². The van der Waals surface area contributed by atoms with Crippen molar-refractivity contribution in [3.05, 3.63) is 65.7 Å². The molecule has 1 atom stereocenters. The molecule has 26 heavy (non-hydrogen) atoms. The van der Waals surface area contributed by atoms with E-state index in [9.17, 15) is 9.59 Å². The largest absolute Gasteiger partial charge is 0.497 e. The van der Waals surface area contributed by atoms with Crippen molar-refractivity contribution in [2.24, 2.45) is 0 Å². The standard InChI is InChI=1S/C21H26N2O3/c1-4-8-19(24)23(15-16-11-13-18(26-3)14-12-16)20(21(25)22-2)17-9-6-5-7-10-17/h5-7,9-14,20H,4,8,15H2,1-3H3,(H,22,25). The van der Waals surface area contributed by atoms with Crippen molar-refractivity contribution >= 4 is 11.8 Å². The number of nitrogens with zero attached hydrogens (tertiary/aromatic N) is 1. The molecule has 0 saturated heterocycles. The molecule has 2 amide bonds. The molecule has 2 rings (SSSR count). The number of likely N-dealkylation sites (N-methyl/N-ethyl adjacent to an activating group) is 1. The minimum absolute atomic E-state index is 0.0410. The molecule has 1 unspecified atom stereocenters. The molecule has 0 heterocycles. The molecule has 2 aromatic carbocycles. The molecule has 0 aliphatic heterocycles. The molecule has 0 fully saturated rings. The zero-order valence-corrected chi connectivity index (χ0v) is 15.6. The number of ether oxygens (including phenoxy) is 1. The fourth-order valence-electron chi connectivity index (χ4n) is 2.85. The molecular weight excluding hydrogens is 328 g/mol. The Morgan fingerprint density at radius 2 is 1.73 bits per heavy atom. The van der Waals surface area contributed by atoms with E-state index in [1.807, 2.05) is 61.5 Å². The number of benzene rings is 2. The fraction of sp³-hybridized carbons (Fsp3) is 0.333. The second-order valence-corrected chi connectivity index (χ2v) is 6.05. The van der Waals surface area contributed by atoms with Crippen LogP contribution < -0.4 is 10.1 Å². The summed E-state index contributed by atoms with van der Waals surface area (Å²) in [5.74, 6) is 0.515. The number of rotatable bonds is 8. The van der Waals surface area contributed by atoms with Crippen molar-refractivity contribution in [2.45, 2.75) is 32.4 Å². The van der Waals surface area contributed by atoms with Crippen LogP contribution in [0.2, 0.25) is 0 Å². The monoisotopic (exact) mass is 354 g/mol. The Morgan fingerprint density at radius 3 is 2.27 bits per heavy atom. The molecule has 0 aliphatic rings. The molecule has 5 nitrogen and oxygen atoms in total. The Balaban J connectivity index is 2.39. The first-order valence-corrected chi connectivity index (χ1v) is 8.79. The summed E-state index contributed by atoms with van der Waals surface area (Å²) in [4.78, 5) is 27.1. The van der Waals surface area contributed by atoms with E-state index in [4.69, 9.17) is 4.74 Å². The van der Waals surface area contributed by atoms with E-state index in [2.05, 4.69) is 5.32 Å². The molecule has 0 aromatic heterocycles. The Morgan fingerprint density at radius 1 is 1.08 bits per heavy atom.